The van der Waals surface area contributed by atoms with Gasteiger partial charge in [0.05, 0.1) is 6.61 Å². The van der Waals surface area contributed by atoms with Crippen molar-refractivity contribution >= 4 is 0 Å². The van der Waals surface area contributed by atoms with E-state index in [4.69, 9.17) is 15.2 Å². The van der Waals surface area contributed by atoms with Gasteiger partial charge in [-0.15, -0.1) is 0 Å². The van der Waals surface area contributed by atoms with E-state index in [2.05, 4.69) is 6.92 Å². The van der Waals surface area contributed by atoms with Gasteiger partial charge in [0.25, 0.3) is 0 Å². The molecule has 2 N–H and O–H groups in total. The van der Waals surface area contributed by atoms with Gasteiger partial charge < -0.3 is 15.2 Å². The Kier molecular flexibility index (Phi) is 6.37. The van der Waals surface area contributed by atoms with Gasteiger partial charge in [-0.05, 0) is 50.8 Å². The smallest absolute Gasteiger partial charge is 0.161 e. The zero-order valence-corrected chi connectivity index (χ0v) is 13.4. The summed E-state index contributed by atoms with van der Waals surface area (Å²) in [5, 5.41) is 0. The zero-order valence-electron chi connectivity index (χ0n) is 13.4. The van der Waals surface area contributed by atoms with Crippen LogP contribution in [-0.2, 0) is 0 Å². The second-order valence-corrected chi connectivity index (χ2v) is 6.00. The number of hydrogen-bond donors (Lipinski definition) is 1. The number of ether oxygens (including phenoxy) is 2. The highest BCUT2D eigenvalue weighted by Crippen LogP contribution is 2.36. The van der Waals surface area contributed by atoms with Crippen molar-refractivity contribution in [2.45, 2.75) is 52.1 Å². The van der Waals surface area contributed by atoms with Gasteiger partial charge >= 0.3 is 0 Å². The second kappa shape index (κ2) is 8.28. The summed E-state index contributed by atoms with van der Waals surface area (Å²) in [7, 11) is 0. The maximum atomic E-state index is 6.31. The fraction of sp³-hybridized carbons (Fsp3) is 0.667. The summed E-state index contributed by atoms with van der Waals surface area (Å²) in [6.07, 6.45) is 6.37. The van der Waals surface area contributed by atoms with Gasteiger partial charge in [-0.1, -0.05) is 31.9 Å². The molecule has 118 valence electrons. The molecule has 0 amide bonds. The van der Waals surface area contributed by atoms with Crippen molar-refractivity contribution < 1.29 is 9.47 Å². The van der Waals surface area contributed by atoms with Crippen LogP contribution in [0.15, 0.2) is 24.3 Å². The molecule has 1 saturated carbocycles. The van der Waals surface area contributed by atoms with Crippen molar-refractivity contribution in [1.29, 1.82) is 0 Å². The SMILES string of the molecule is CCCC1CCC(CN)C(Oc2ccccc2OCC)C1. The second-order valence-electron chi connectivity index (χ2n) is 6.00. The van der Waals surface area contributed by atoms with Gasteiger partial charge in [0.2, 0.25) is 0 Å². The van der Waals surface area contributed by atoms with Crippen LogP contribution in [0.2, 0.25) is 0 Å². The molecule has 0 spiro atoms. The van der Waals surface area contributed by atoms with E-state index in [1.165, 1.54) is 25.7 Å². The molecule has 0 aromatic heterocycles. The summed E-state index contributed by atoms with van der Waals surface area (Å²) in [6, 6.07) is 7.96. The average molecular weight is 291 g/mol. The summed E-state index contributed by atoms with van der Waals surface area (Å²) < 4.78 is 12.0. The molecule has 3 unspecified atom stereocenters. The van der Waals surface area contributed by atoms with E-state index in [0.29, 0.717) is 19.1 Å². The molecule has 0 heterocycles. The van der Waals surface area contributed by atoms with Crippen LogP contribution >= 0.6 is 0 Å². The van der Waals surface area contributed by atoms with Crippen LogP contribution in [0, 0.1) is 11.8 Å². The maximum absolute atomic E-state index is 6.31. The molecule has 0 bridgehead atoms. The Morgan fingerprint density at radius 3 is 2.57 bits per heavy atom. The lowest BCUT2D eigenvalue weighted by Crippen LogP contribution is -2.38. The lowest BCUT2D eigenvalue weighted by atomic mass is 9.78. The van der Waals surface area contributed by atoms with E-state index in [-0.39, 0.29) is 6.10 Å². The number of rotatable bonds is 7. The predicted octanol–water partition coefficient (Wildman–Crippen LogP) is 4.01. The summed E-state index contributed by atoms with van der Waals surface area (Å²) in [5.41, 5.74) is 5.95. The van der Waals surface area contributed by atoms with Crippen LogP contribution in [-0.4, -0.2) is 19.3 Å². The standard InChI is InChI=1S/C18H29NO2/c1-3-7-14-10-11-15(13-19)18(12-14)21-17-9-6-5-8-16(17)20-4-2/h5-6,8-9,14-15,18H,3-4,7,10-13,19H2,1-2H3. The van der Waals surface area contributed by atoms with E-state index >= 15 is 0 Å². The van der Waals surface area contributed by atoms with E-state index < -0.39 is 0 Å². The molecule has 1 fully saturated rings. The Balaban J connectivity index is 2.07. The fourth-order valence-corrected chi connectivity index (χ4v) is 3.34. The highest BCUT2D eigenvalue weighted by Gasteiger charge is 2.31. The minimum atomic E-state index is 0.224. The molecule has 2 rings (SSSR count). The molecule has 0 radical (unpaired) electrons. The van der Waals surface area contributed by atoms with Crippen LogP contribution < -0.4 is 15.2 Å². The molecule has 1 aromatic rings. The van der Waals surface area contributed by atoms with Crippen molar-refractivity contribution in [2.24, 2.45) is 17.6 Å². The third kappa shape index (κ3) is 4.37. The van der Waals surface area contributed by atoms with Gasteiger partial charge in [0.15, 0.2) is 11.5 Å². The first-order valence-corrected chi connectivity index (χ1v) is 8.37. The molecule has 3 atom stereocenters. The van der Waals surface area contributed by atoms with Crippen LogP contribution in [0.5, 0.6) is 11.5 Å². The van der Waals surface area contributed by atoms with Crippen molar-refractivity contribution in [2.75, 3.05) is 13.2 Å². The van der Waals surface area contributed by atoms with Gasteiger partial charge in [0, 0.05) is 5.92 Å². The summed E-state index contributed by atoms with van der Waals surface area (Å²) in [6.45, 7) is 5.62. The molecule has 0 saturated heterocycles. The average Bonchev–Trinajstić information content (AvgIpc) is 2.50. The topological polar surface area (TPSA) is 44.5 Å². The summed E-state index contributed by atoms with van der Waals surface area (Å²) in [5.74, 6) is 2.95. The Bertz CT molecular complexity index is 421. The highest BCUT2D eigenvalue weighted by atomic mass is 16.5. The maximum Gasteiger partial charge on any atom is 0.161 e. The minimum Gasteiger partial charge on any atom is -0.490 e. The van der Waals surface area contributed by atoms with Crippen LogP contribution in [0.4, 0.5) is 0 Å². The quantitative estimate of drug-likeness (QED) is 0.825. The predicted molar refractivity (Wildman–Crippen MR) is 86.8 cm³/mol. The van der Waals surface area contributed by atoms with Crippen molar-refractivity contribution in [3.8, 4) is 11.5 Å². The molecule has 1 aliphatic rings. The van der Waals surface area contributed by atoms with E-state index in [1.54, 1.807) is 0 Å². The van der Waals surface area contributed by atoms with Crippen LogP contribution in [0.25, 0.3) is 0 Å². The molecule has 1 aliphatic carbocycles. The number of para-hydroxylation sites is 2. The monoisotopic (exact) mass is 291 g/mol. The first-order chi connectivity index (χ1) is 10.3. The third-order valence-corrected chi connectivity index (χ3v) is 4.46. The summed E-state index contributed by atoms with van der Waals surface area (Å²) >= 11 is 0. The van der Waals surface area contributed by atoms with Crippen LogP contribution in [0.1, 0.15) is 46.0 Å². The third-order valence-electron chi connectivity index (χ3n) is 4.46. The van der Waals surface area contributed by atoms with Crippen LogP contribution in [0.3, 0.4) is 0 Å². The van der Waals surface area contributed by atoms with Gasteiger partial charge in [-0.2, -0.15) is 0 Å². The number of nitrogens with two attached hydrogens (primary N) is 1. The van der Waals surface area contributed by atoms with Gasteiger partial charge in [-0.25, -0.2) is 0 Å². The largest absolute Gasteiger partial charge is 0.490 e. The van der Waals surface area contributed by atoms with Crippen molar-refractivity contribution in [1.82, 2.24) is 0 Å². The molecule has 3 heteroatoms. The first-order valence-electron chi connectivity index (χ1n) is 8.37. The number of benzene rings is 1. The van der Waals surface area contributed by atoms with Gasteiger partial charge in [0.1, 0.15) is 6.10 Å². The summed E-state index contributed by atoms with van der Waals surface area (Å²) in [4.78, 5) is 0. The first kappa shape index (κ1) is 16.2. The Hall–Kier alpha value is -1.22. The Morgan fingerprint density at radius 1 is 1.14 bits per heavy atom. The lowest BCUT2D eigenvalue weighted by Gasteiger charge is -2.36. The van der Waals surface area contributed by atoms with E-state index in [9.17, 15) is 0 Å². The molecular weight excluding hydrogens is 262 g/mol. The molecule has 0 aliphatic heterocycles. The van der Waals surface area contributed by atoms with Crippen molar-refractivity contribution in [3.63, 3.8) is 0 Å². The molecule has 21 heavy (non-hydrogen) atoms. The number of hydrogen-bond acceptors (Lipinski definition) is 3. The van der Waals surface area contributed by atoms with E-state index in [1.807, 2.05) is 31.2 Å². The normalized spacial score (nSPS) is 25.6. The zero-order chi connectivity index (χ0) is 15.1. The molecule has 1 aromatic carbocycles. The Morgan fingerprint density at radius 2 is 1.90 bits per heavy atom. The molecule has 3 nitrogen and oxygen atoms in total. The molecular formula is C18H29NO2. The van der Waals surface area contributed by atoms with Gasteiger partial charge in [-0.3, -0.25) is 0 Å². The fourth-order valence-electron chi connectivity index (χ4n) is 3.34. The van der Waals surface area contributed by atoms with E-state index in [0.717, 1.165) is 23.8 Å². The minimum absolute atomic E-state index is 0.224. The lowest BCUT2D eigenvalue weighted by molar-refractivity contribution is 0.0639. The highest BCUT2D eigenvalue weighted by molar-refractivity contribution is 5.39. The Labute approximate surface area is 128 Å². The van der Waals surface area contributed by atoms with Crippen molar-refractivity contribution in [3.05, 3.63) is 24.3 Å².